The monoisotopic (exact) mass is 307 g/mol. The maximum Gasteiger partial charge on any atom is 0.313 e. The van der Waals surface area contributed by atoms with Crippen molar-refractivity contribution in [2.24, 2.45) is 7.05 Å². The van der Waals surface area contributed by atoms with Crippen LogP contribution in [0.2, 0.25) is 0 Å². The molecule has 2 aromatic heterocycles. The summed E-state index contributed by atoms with van der Waals surface area (Å²) >= 11 is 1.23. The second kappa shape index (κ2) is 5.88. The fourth-order valence-corrected chi connectivity index (χ4v) is 2.90. The molecule has 0 radical (unpaired) electrons. The number of nitrogens with zero attached hydrogens (tertiary/aromatic N) is 5. The molecule has 1 saturated carbocycles. The van der Waals surface area contributed by atoms with E-state index in [0.717, 1.165) is 37.3 Å². The van der Waals surface area contributed by atoms with E-state index in [0.29, 0.717) is 11.1 Å². The maximum absolute atomic E-state index is 10.7. The van der Waals surface area contributed by atoms with E-state index >= 15 is 0 Å². The molecule has 1 fully saturated rings. The zero-order valence-electron chi connectivity index (χ0n) is 11.8. The van der Waals surface area contributed by atoms with Gasteiger partial charge in [0.2, 0.25) is 0 Å². The standard InChI is InChI=1S/C13H17N5O2S/c1-17-6-4-10(16-17)5-7-18-12(9-2-3-9)14-15-13(18)21-8-11(19)20/h4,6,9H,2-3,5,7-8H2,1H3,(H,19,20). The molecule has 0 bridgehead atoms. The first-order chi connectivity index (χ1) is 10.1. The van der Waals surface area contributed by atoms with Crippen molar-refractivity contribution in [3.8, 4) is 0 Å². The summed E-state index contributed by atoms with van der Waals surface area (Å²) in [7, 11) is 1.89. The number of aromatic nitrogens is 5. The summed E-state index contributed by atoms with van der Waals surface area (Å²) in [5.41, 5.74) is 1.02. The molecule has 0 atom stereocenters. The van der Waals surface area contributed by atoms with Gasteiger partial charge in [-0.3, -0.25) is 9.48 Å². The molecule has 21 heavy (non-hydrogen) atoms. The molecule has 8 heteroatoms. The van der Waals surface area contributed by atoms with Crippen LogP contribution >= 0.6 is 11.8 Å². The summed E-state index contributed by atoms with van der Waals surface area (Å²) in [6.45, 7) is 0.734. The van der Waals surface area contributed by atoms with Crippen LogP contribution in [0, 0.1) is 0 Å². The lowest BCUT2D eigenvalue weighted by Crippen LogP contribution is -2.09. The average Bonchev–Trinajstić information content (AvgIpc) is 3.08. The van der Waals surface area contributed by atoms with E-state index in [1.807, 2.05) is 19.3 Å². The van der Waals surface area contributed by atoms with E-state index < -0.39 is 5.97 Å². The number of rotatable bonds is 7. The first kappa shape index (κ1) is 14.1. The molecule has 112 valence electrons. The highest BCUT2D eigenvalue weighted by atomic mass is 32.2. The molecule has 2 heterocycles. The summed E-state index contributed by atoms with van der Waals surface area (Å²) < 4.78 is 3.84. The van der Waals surface area contributed by atoms with Crippen molar-refractivity contribution >= 4 is 17.7 Å². The molecular formula is C13H17N5O2S. The molecular weight excluding hydrogens is 290 g/mol. The molecule has 0 saturated heterocycles. The van der Waals surface area contributed by atoms with Crippen LogP contribution in [0.4, 0.5) is 0 Å². The van der Waals surface area contributed by atoms with E-state index in [-0.39, 0.29) is 5.75 Å². The van der Waals surface area contributed by atoms with Crippen LogP contribution in [-0.2, 0) is 24.8 Å². The number of hydrogen-bond donors (Lipinski definition) is 1. The second-order valence-corrected chi connectivity index (χ2v) is 6.12. The van der Waals surface area contributed by atoms with Gasteiger partial charge in [0.1, 0.15) is 5.82 Å². The lowest BCUT2D eigenvalue weighted by molar-refractivity contribution is -0.133. The first-order valence-electron chi connectivity index (χ1n) is 6.89. The first-order valence-corrected chi connectivity index (χ1v) is 7.88. The van der Waals surface area contributed by atoms with Gasteiger partial charge in [0.15, 0.2) is 5.16 Å². The number of aliphatic carboxylic acids is 1. The molecule has 2 aromatic rings. The largest absolute Gasteiger partial charge is 0.481 e. The number of carbonyl (C=O) groups is 1. The number of carboxylic acid groups (broad SMARTS) is 1. The maximum atomic E-state index is 10.7. The molecule has 0 aliphatic heterocycles. The Morgan fingerprint density at radius 1 is 1.48 bits per heavy atom. The SMILES string of the molecule is Cn1ccc(CCn2c(SCC(=O)O)nnc2C2CC2)n1. The van der Waals surface area contributed by atoms with Crippen molar-refractivity contribution in [2.75, 3.05) is 5.75 Å². The van der Waals surface area contributed by atoms with Crippen LogP contribution in [-0.4, -0.2) is 41.4 Å². The Labute approximate surface area is 126 Å². The Kier molecular flexibility index (Phi) is 3.96. The van der Waals surface area contributed by atoms with E-state index in [1.54, 1.807) is 4.68 Å². The summed E-state index contributed by atoms with van der Waals surface area (Å²) in [6.07, 6.45) is 5.00. The Morgan fingerprint density at radius 2 is 2.29 bits per heavy atom. The molecule has 1 aliphatic rings. The van der Waals surface area contributed by atoms with Crippen LogP contribution in [0.1, 0.15) is 30.3 Å². The van der Waals surface area contributed by atoms with Gasteiger partial charge >= 0.3 is 5.97 Å². The van der Waals surface area contributed by atoms with Gasteiger partial charge in [-0.2, -0.15) is 5.10 Å². The molecule has 0 unspecified atom stereocenters. The third-order valence-corrected chi connectivity index (χ3v) is 4.32. The van der Waals surface area contributed by atoms with Crippen LogP contribution in [0.5, 0.6) is 0 Å². The van der Waals surface area contributed by atoms with E-state index in [4.69, 9.17) is 5.11 Å². The normalized spacial score (nSPS) is 14.5. The van der Waals surface area contributed by atoms with Crippen molar-refractivity contribution in [2.45, 2.75) is 36.9 Å². The quantitative estimate of drug-likeness (QED) is 0.776. The molecule has 0 aromatic carbocycles. The molecule has 0 amide bonds. The Bertz CT molecular complexity index is 647. The minimum atomic E-state index is -0.841. The molecule has 1 N–H and O–H groups in total. The molecule has 3 rings (SSSR count). The van der Waals surface area contributed by atoms with Crippen molar-refractivity contribution in [1.82, 2.24) is 24.5 Å². The molecule has 0 spiro atoms. The fourth-order valence-electron chi connectivity index (χ4n) is 2.21. The lowest BCUT2D eigenvalue weighted by Gasteiger charge is -2.08. The summed E-state index contributed by atoms with van der Waals surface area (Å²) in [5.74, 6) is 0.637. The van der Waals surface area contributed by atoms with Gasteiger partial charge < -0.3 is 9.67 Å². The van der Waals surface area contributed by atoms with Gasteiger partial charge in [0.05, 0.1) is 11.4 Å². The average molecular weight is 307 g/mol. The van der Waals surface area contributed by atoms with E-state index in [9.17, 15) is 4.79 Å². The smallest absolute Gasteiger partial charge is 0.313 e. The van der Waals surface area contributed by atoms with Crippen LogP contribution in [0.15, 0.2) is 17.4 Å². The number of carboxylic acids is 1. The van der Waals surface area contributed by atoms with Crippen LogP contribution < -0.4 is 0 Å². The Hall–Kier alpha value is -1.83. The van der Waals surface area contributed by atoms with Gasteiger partial charge in [-0.05, 0) is 18.9 Å². The minimum Gasteiger partial charge on any atom is -0.481 e. The highest BCUT2D eigenvalue weighted by molar-refractivity contribution is 7.99. The van der Waals surface area contributed by atoms with Crippen LogP contribution in [0.3, 0.4) is 0 Å². The molecule has 1 aliphatic carbocycles. The van der Waals surface area contributed by atoms with Gasteiger partial charge in [-0.25, -0.2) is 0 Å². The van der Waals surface area contributed by atoms with Crippen molar-refractivity contribution < 1.29 is 9.90 Å². The van der Waals surface area contributed by atoms with E-state index in [1.165, 1.54) is 11.8 Å². The second-order valence-electron chi connectivity index (χ2n) is 5.18. The van der Waals surface area contributed by atoms with Crippen molar-refractivity contribution in [3.05, 3.63) is 23.8 Å². The van der Waals surface area contributed by atoms with Crippen molar-refractivity contribution in [1.29, 1.82) is 0 Å². The lowest BCUT2D eigenvalue weighted by atomic mass is 10.3. The highest BCUT2D eigenvalue weighted by Crippen LogP contribution is 2.40. The molecule has 7 nitrogen and oxygen atoms in total. The van der Waals surface area contributed by atoms with E-state index in [2.05, 4.69) is 19.9 Å². The predicted octanol–water partition coefficient (Wildman–Crippen LogP) is 1.31. The van der Waals surface area contributed by atoms with Gasteiger partial charge in [0, 0.05) is 32.1 Å². The summed E-state index contributed by atoms with van der Waals surface area (Å²) in [5, 5.41) is 22.3. The number of thioether (sulfide) groups is 1. The number of hydrogen-bond acceptors (Lipinski definition) is 5. The Balaban J connectivity index is 1.73. The topological polar surface area (TPSA) is 85.8 Å². The predicted molar refractivity (Wildman–Crippen MR) is 77.3 cm³/mol. The number of aryl methyl sites for hydroxylation is 2. The van der Waals surface area contributed by atoms with Crippen molar-refractivity contribution in [3.63, 3.8) is 0 Å². The third kappa shape index (κ3) is 3.44. The van der Waals surface area contributed by atoms with Crippen LogP contribution in [0.25, 0.3) is 0 Å². The fraction of sp³-hybridized carbons (Fsp3) is 0.538. The third-order valence-electron chi connectivity index (χ3n) is 3.37. The highest BCUT2D eigenvalue weighted by Gasteiger charge is 2.30. The van der Waals surface area contributed by atoms with Gasteiger partial charge in [-0.15, -0.1) is 10.2 Å². The summed E-state index contributed by atoms with van der Waals surface area (Å²) in [6, 6.07) is 1.99. The van der Waals surface area contributed by atoms with Gasteiger partial charge in [-0.1, -0.05) is 11.8 Å². The zero-order chi connectivity index (χ0) is 14.8. The Morgan fingerprint density at radius 3 is 2.90 bits per heavy atom. The van der Waals surface area contributed by atoms with Gasteiger partial charge in [0.25, 0.3) is 0 Å². The summed E-state index contributed by atoms with van der Waals surface area (Å²) in [4.78, 5) is 10.7. The minimum absolute atomic E-state index is 0.00634. The zero-order valence-corrected chi connectivity index (χ0v) is 12.6.